The molecule has 0 spiro atoms. The van der Waals surface area contributed by atoms with Crippen LogP contribution in [-0.4, -0.2) is 99.9 Å². The number of ether oxygens (including phenoxy) is 1. The number of hydrogen-bond donors (Lipinski definition) is 1. The SMILES string of the molecule is CCN1CCOC(CNCC2CN(C)CCN2C)C1. The second-order valence-electron chi connectivity index (χ2n) is 5.94. The first kappa shape index (κ1) is 15.2. The van der Waals surface area contributed by atoms with E-state index in [-0.39, 0.29) is 0 Å². The van der Waals surface area contributed by atoms with Gasteiger partial charge < -0.3 is 15.0 Å². The van der Waals surface area contributed by atoms with Gasteiger partial charge in [0, 0.05) is 51.9 Å². The standard InChI is InChI=1S/C14H30N4O/c1-4-18-7-8-19-14(12-18)10-15-9-13-11-16(2)5-6-17(13)3/h13-15H,4-12H2,1-3H3. The first-order valence-corrected chi connectivity index (χ1v) is 7.62. The summed E-state index contributed by atoms with van der Waals surface area (Å²) in [7, 11) is 4.44. The average molecular weight is 270 g/mol. The molecule has 0 amide bonds. The third-order valence-corrected chi connectivity index (χ3v) is 4.40. The van der Waals surface area contributed by atoms with Crippen molar-refractivity contribution in [3.05, 3.63) is 0 Å². The largest absolute Gasteiger partial charge is 0.374 e. The maximum atomic E-state index is 5.82. The Hall–Kier alpha value is -0.200. The number of rotatable bonds is 5. The van der Waals surface area contributed by atoms with E-state index >= 15 is 0 Å². The minimum absolute atomic E-state index is 0.361. The monoisotopic (exact) mass is 270 g/mol. The maximum Gasteiger partial charge on any atom is 0.0826 e. The lowest BCUT2D eigenvalue weighted by Gasteiger charge is -2.38. The molecule has 2 aliphatic rings. The van der Waals surface area contributed by atoms with E-state index in [1.54, 1.807) is 0 Å². The van der Waals surface area contributed by atoms with Gasteiger partial charge in [-0.15, -0.1) is 0 Å². The van der Waals surface area contributed by atoms with Gasteiger partial charge in [0.25, 0.3) is 0 Å². The Balaban J connectivity index is 1.65. The molecule has 19 heavy (non-hydrogen) atoms. The summed E-state index contributed by atoms with van der Waals surface area (Å²) in [5.41, 5.74) is 0. The fraction of sp³-hybridized carbons (Fsp3) is 1.00. The van der Waals surface area contributed by atoms with Crippen molar-refractivity contribution in [3.8, 4) is 0 Å². The molecule has 0 radical (unpaired) electrons. The molecule has 0 aliphatic carbocycles. The van der Waals surface area contributed by atoms with Crippen LogP contribution in [0.3, 0.4) is 0 Å². The fourth-order valence-corrected chi connectivity index (χ4v) is 2.92. The summed E-state index contributed by atoms with van der Waals surface area (Å²) in [6, 6.07) is 0.629. The molecular formula is C14H30N4O. The van der Waals surface area contributed by atoms with Crippen molar-refractivity contribution in [2.75, 3.05) is 73.1 Å². The highest BCUT2D eigenvalue weighted by molar-refractivity contribution is 4.81. The van der Waals surface area contributed by atoms with Crippen LogP contribution in [0.2, 0.25) is 0 Å². The zero-order valence-corrected chi connectivity index (χ0v) is 12.8. The summed E-state index contributed by atoms with van der Waals surface area (Å²) < 4.78 is 5.82. The zero-order chi connectivity index (χ0) is 13.7. The first-order chi connectivity index (χ1) is 9.19. The van der Waals surface area contributed by atoms with E-state index < -0.39 is 0 Å². The van der Waals surface area contributed by atoms with Crippen LogP contribution in [0.1, 0.15) is 6.92 Å². The maximum absolute atomic E-state index is 5.82. The van der Waals surface area contributed by atoms with E-state index in [0.29, 0.717) is 12.1 Å². The summed E-state index contributed by atoms with van der Waals surface area (Å²) in [6.45, 7) is 12.0. The highest BCUT2D eigenvalue weighted by Crippen LogP contribution is 2.06. The molecule has 0 aromatic heterocycles. The molecule has 0 bridgehead atoms. The Morgan fingerprint density at radius 3 is 2.74 bits per heavy atom. The Morgan fingerprint density at radius 1 is 1.11 bits per heavy atom. The summed E-state index contributed by atoms with van der Waals surface area (Å²) in [6.07, 6.45) is 0.361. The van der Waals surface area contributed by atoms with Crippen molar-refractivity contribution in [2.45, 2.75) is 19.1 Å². The number of morpholine rings is 1. The topological polar surface area (TPSA) is 31.0 Å². The van der Waals surface area contributed by atoms with Crippen molar-refractivity contribution < 1.29 is 4.74 Å². The van der Waals surface area contributed by atoms with Crippen LogP contribution in [-0.2, 0) is 4.74 Å². The predicted molar refractivity (Wildman–Crippen MR) is 78.6 cm³/mol. The van der Waals surface area contributed by atoms with Gasteiger partial charge >= 0.3 is 0 Å². The van der Waals surface area contributed by atoms with E-state index in [1.165, 1.54) is 13.1 Å². The molecule has 2 heterocycles. The molecule has 1 N–H and O–H groups in total. The van der Waals surface area contributed by atoms with E-state index in [0.717, 1.165) is 45.9 Å². The molecule has 0 aromatic rings. The zero-order valence-electron chi connectivity index (χ0n) is 12.8. The van der Waals surface area contributed by atoms with E-state index in [4.69, 9.17) is 4.74 Å². The van der Waals surface area contributed by atoms with Crippen LogP contribution in [0, 0.1) is 0 Å². The summed E-state index contributed by atoms with van der Waals surface area (Å²) in [4.78, 5) is 7.35. The molecule has 2 fully saturated rings. The van der Waals surface area contributed by atoms with Gasteiger partial charge in [-0.3, -0.25) is 9.80 Å². The van der Waals surface area contributed by atoms with Crippen molar-refractivity contribution >= 4 is 0 Å². The number of nitrogens with zero attached hydrogens (tertiary/aromatic N) is 3. The molecule has 5 heteroatoms. The second kappa shape index (κ2) is 7.55. The fourth-order valence-electron chi connectivity index (χ4n) is 2.92. The minimum atomic E-state index is 0.361. The molecule has 112 valence electrons. The quantitative estimate of drug-likeness (QED) is 0.731. The van der Waals surface area contributed by atoms with Gasteiger partial charge in [0.15, 0.2) is 0 Å². The van der Waals surface area contributed by atoms with Crippen LogP contribution in [0.5, 0.6) is 0 Å². The van der Waals surface area contributed by atoms with Gasteiger partial charge in [-0.05, 0) is 20.6 Å². The van der Waals surface area contributed by atoms with Crippen LogP contribution in [0.15, 0.2) is 0 Å². The summed E-state index contributed by atoms with van der Waals surface area (Å²) in [5.74, 6) is 0. The Morgan fingerprint density at radius 2 is 1.95 bits per heavy atom. The molecule has 2 saturated heterocycles. The molecule has 5 nitrogen and oxygen atoms in total. The predicted octanol–water partition coefficient (Wildman–Crippen LogP) is -0.457. The number of hydrogen-bond acceptors (Lipinski definition) is 5. The molecule has 0 saturated carbocycles. The molecule has 2 rings (SSSR count). The van der Waals surface area contributed by atoms with Gasteiger partial charge in [0.1, 0.15) is 0 Å². The van der Waals surface area contributed by atoms with Gasteiger partial charge in [0.05, 0.1) is 12.7 Å². The van der Waals surface area contributed by atoms with Gasteiger partial charge in [-0.2, -0.15) is 0 Å². The summed E-state index contributed by atoms with van der Waals surface area (Å²) in [5, 5.41) is 3.60. The number of nitrogens with one attached hydrogen (secondary N) is 1. The normalized spacial score (nSPS) is 31.7. The Kier molecular flexibility index (Phi) is 6.04. The van der Waals surface area contributed by atoms with Crippen LogP contribution >= 0.6 is 0 Å². The van der Waals surface area contributed by atoms with Crippen LogP contribution in [0.4, 0.5) is 0 Å². The highest BCUT2D eigenvalue weighted by atomic mass is 16.5. The third-order valence-electron chi connectivity index (χ3n) is 4.40. The Bertz CT molecular complexity index is 264. The van der Waals surface area contributed by atoms with Gasteiger partial charge in [-0.1, -0.05) is 6.92 Å². The van der Waals surface area contributed by atoms with Gasteiger partial charge in [0.2, 0.25) is 0 Å². The van der Waals surface area contributed by atoms with E-state index in [2.05, 4.69) is 41.0 Å². The van der Waals surface area contributed by atoms with Crippen molar-refractivity contribution in [2.24, 2.45) is 0 Å². The minimum Gasteiger partial charge on any atom is -0.374 e. The average Bonchev–Trinajstić information content (AvgIpc) is 2.43. The van der Waals surface area contributed by atoms with E-state index in [9.17, 15) is 0 Å². The smallest absolute Gasteiger partial charge is 0.0826 e. The number of piperazine rings is 1. The van der Waals surface area contributed by atoms with Crippen molar-refractivity contribution in [3.63, 3.8) is 0 Å². The highest BCUT2D eigenvalue weighted by Gasteiger charge is 2.23. The van der Waals surface area contributed by atoms with E-state index in [1.807, 2.05) is 0 Å². The lowest BCUT2D eigenvalue weighted by molar-refractivity contribution is -0.0261. The van der Waals surface area contributed by atoms with Crippen LogP contribution in [0.25, 0.3) is 0 Å². The Labute approximate surface area is 117 Å². The van der Waals surface area contributed by atoms with Gasteiger partial charge in [-0.25, -0.2) is 0 Å². The molecule has 2 unspecified atom stereocenters. The van der Waals surface area contributed by atoms with Crippen LogP contribution < -0.4 is 5.32 Å². The summed E-state index contributed by atoms with van der Waals surface area (Å²) >= 11 is 0. The van der Waals surface area contributed by atoms with Crippen molar-refractivity contribution in [1.82, 2.24) is 20.0 Å². The molecular weight excluding hydrogens is 240 g/mol. The molecule has 2 atom stereocenters. The molecule has 2 aliphatic heterocycles. The second-order valence-corrected chi connectivity index (χ2v) is 5.94. The lowest BCUT2D eigenvalue weighted by Crippen LogP contribution is -2.55. The lowest BCUT2D eigenvalue weighted by atomic mass is 10.2. The number of likely N-dealkylation sites (N-methyl/N-ethyl adjacent to an activating group) is 3. The van der Waals surface area contributed by atoms with Crippen molar-refractivity contribution in [1.29, 1.82) is 0 Å². The third kappa shape index (κ3) is 4.68. The first-order valence-electron chi connectivity index (χ1n) is 7.62. The molecule has 0 aromatic carbocycles.